The van der Waals surface area contributed by atoms with E-state index in [1.807, 2.05) is 0 Å². The van der Waals surface area contributed by atoms with E-state index in [0.717, 1.165) is 13.4 Å². The first-order valence-corrected chi connectivity index (χ1v) is 9.09. The standard InChI is InChI=1S/C18H36B2/c1-5-13-19(14-6-2)17-11-9-10-12-18-20(15-7-3)16-8-4/h9-12H,5-8,13-18H2,1-4H3/b11-9-,12-10-. The molecule has 2 heteroatoms. The van der Waals surface area contributed by atoms with E-state index >= 15 is 0 Å². The Kier molecular flexibility index (Phi) is 14.7. The summed E-state index contributed by atoms with van der Waals surface area (Å²) in [6.45, 7) is 11.0. The van der Waals surface area contributed by atoms with Crippen LogP contribution < -0.4 is 0 Å². The third-order valence-electron chi connectivity index (χ3n) is 4.11. The van der Waals surface area contributed by atoms with Gasteiger partial charge in [0.1, 0.15) is 13.4 Å². The van der Waals surface area contributed by atoms with E-state index in [1.165, 1.54) is 63.6 Å². The van der Waals surface area contributed by atoms with Gasteiger partial charge >= 0.3 is 0 Å². The van der Waals surface area contributed by atoms with Crippen LogP contribution in [0.1, 0.15) is 53.4 Å². The molecule has 20 heavy (non-hydrogen) atoms. The van der Waals surface area contributed by atoms with E-state index in [2.05, 4.69) is 52.0 Å². The number of allylic oxidation sites excluding steroid dienone is 4. The number of hydrogen-bond acceptors (Lipinski definition) is 0. The lowest BCUT2D eigenvalue weighted by Crippen LogP contribution is -2.09. The molecule has 0 spiro atoms. The van der Waals surface area contributed by atoms with Gasteiger partial charge in [0, 0.05) is 0 Å². The van der Waals surface area contributed by atoms with Crippen LogP contribution in [-0.2, 0) is 0 Å². The van der Waals surface area contributed by atoms with Crippen LogP contribution in [0.25, 0.3) is 0 Å². The van der Waals surface area contributed by atoms with Crippen molar-refractivity contribution < 1.29 is 0 Å². The molecule has 0 atom stereocenters. The Morgan fingerprint density at radius 3 is 1.10 bits per heavy atom. The maximum atomic E-state index is 2.38. The summed E-state index contributed by atoms with van der Waals surface area (Å²) in [4.78, 5) is 0. The van der Waals surface area contributed by atoms with Crippen molar-refractivity contribution in [2.45, 2.75) is 91.3 Å². The molecule has 114 valence electrons. The summed E-state index contributed by atoms with van der Waals surface area (Å²) in [5.74, 6) is 0. The normalized spacial score (nSPS) is 11.6. The molecular formula is C18H36B2. The van der Waals surface area contributed by atoms with Crippen LogP contribution in [-0.4, -0.2) is 13.4 Å². The summed E-state index contributed by atoms with van der Waals surface area (Å²) in [6, 6.07) is 0. The van der Waals surface area contributed by atoms with Crippen LogP contribution in [0, 0.1) is 0 Å². The topological polar surface area (TPSA) is 0 Å². The van der Waals surface area contributed by atoms with E-state index in [9.17, 15) is 0 Å². The summed E-state index contributed by atoms with van der Waals surface area (Å²) in [5.41, 5.74) is 0. The average molecular weight is 274 g/mol. The van der Waals surface area contributed by atoms with E-state index in [0.29, 0.717) is 0 Å². The predicted octanol–water partition coefficient (Wildman–Crippen LogP) is 6.73. The summed E-state index contributed by atoms with van der Waals surface area (Å²) < 4.78 is 0. The maximum Gasteiger partial charge on any atom is 0.143 e. The van der Waals surface area contributed by atoms with Gasteiger partial charge in [0.15, 0.2) is 0 Å². The average Bonchev–Trinajstić information content (AvgIpc) is 2.43. The molecular weight excluding hydrogens is 238 g/mol. The van der Waals surface area contributed by atoms with Crippen molar-refractivity contribution in [3.8, 4) is 0 Å². The van der Waals surface area contributed by atoms with Crippen LogP contribution >= 0.6 is 0 Å². The minimum absolute atomic E-state index is 0.905. The molecule has 0 nitrogen and oxygen atoms in total. The number of hydrogen-bond donors (Lipinski definition) is 0. The Balaban J connectivity index is 3.92. The fourth-order valence-electron chi connectivity index (χ4n) is 3.09. The largest absolute Gasteiger partial charge is 0.143 e. The molecule has 0 aliphatic carbocycles. The summed E-state index contributed by atoms with van der Waals surface area (Å²) in [5, 5.41) is 0. The first-order chi connectivity index (χ1) is 9.78. The second-order valence-electron chi connectivity index (χ2n) is 6.21. The maximum absolute atomic E-state index is 2.38. The second kappa shape index (κ2) is 15.0. The van der Waals surface area contributed by atoms with Gasteiger partial charge in [-0.25, -0.2) is 0 Å². The van der Waals surface area contributed by atoms with Gasteiger partial charge < -0.3 is 0 Å². The molecule has 0 N–H and O–H groups in total. The van der Waals surface area contributed by atoms with Crippen molar-refractivity contribution in [2.75, 3.05) is 0 Å². The molecule has 0 rings (SSSR count). The number of rotatable bonds is 13. The van der Waals surface area contributed by atoms with Gasteiger partial charge in [0.25, 0.3) is 0 Å². The minimum Gasteiger partial charge on any atom is -0.0917 e. The van der Waals surface area contributed by atoms with Crippen LogP contribution in [0.4, 0.5) is 0 Å². The van der Waals surface area contributed by atoms with E-state index in [1.54, 1.807) is 0 Å². The lowest BCUT2D eigenvalue weighted by molar-refractivity contribution is 0.998. The smallest absolute Gasteiger partial charge is 0.0917 e. The van der Waals surface area contributed by atoms with Gasteiger partial charge in [-0.05, 0) is 0 Å². The Morgan fingerprint density at radius 1 is 0.550 bits per heavy atom. The predicted molar refractivity (Wildman–Crippen MR) is 99.8 cm³/mol. The monoisotopic (exact) mass is 274 g/mol. The fourth-order valence-corrected chi connectivity index (χ4v) is 3.09. The molecule has 0 aromatic heterocycles. The highest BCUT2D eigenvalue weighted by Crippen LogP contribution is 2.12. The third-order valence-corrected chi connectivity index (χ3v) is 4.11. The molecule has 0 aromatic carbocycles. The molecule has 0 aliphatic rings. The summed E-state index contributed by atoms with van der Waals surface area (Å²) in [7, 11) is 0. The highest BCUT2D eigenvalue weighted by molar-refractivity contribution is 6.59. The van der Waals surface area contributed by atoms with Crippen LogP contribution in [0.2, 0.25) is 37.9 Å². The van der Waals surface area contributed by atoms with Crippen molar-refractivity contribution in [1.82, 2.24) is 0 Å². The molecule has 0 saturated carbocycles. The quantitative estimate of drug-likeness (QED) is 0.258. The Labute approximate surface area is 129 Å². The van der Waals surface area contributed by atoms with E-state index in [-0.39, 0.29) is 0 Å². The first-order valence-electron chi connectivity index (χ1n) is 9.09. The Bertz CT molecular complexity index is 208. The Morgan fingerprint density at radius 2 is 0.850 bits per heavy atom. The van der Waals surface area contributed by atoms with E-state index in [4.69, 9.17) is 0 Å². The molecule has 0 heterocycles. The minimum atomic E-state index is 0.905. The summed E-state index contributed by atoms with van der Waals surface area (Å²) in [6.07, 6.45) is 22.7. The molecule has 0 saturated heterocycles. The lowest BCUT2D eigenvalue weighted by atomic mass is 9.42. The third kappa shape index (κ3) is 11.4. The molecule has 0 amide bonds. The molecule has 0 aliphatic heterocycles. The van der Waals surface area contributed by atoms with Gasteiger partial charge in [-0.1, -0.05) is 116 Å². The second-order valence-corrected chi connectivity index (χ2v) is 6.21. The van der Waals surface area contributed by atoms with Crippen molar-refractivity contribution in [2.24, 2.45) is 0 Å². The zero-order valence-corrected chi connectivity index (χ0v) is 14.5. The molecule has 0 aromatic rings. The van der Waals surface area contributed by atoms with Gasteiger partial charge in [-0.3, -0.25) is 0 Å². The summed E-state index contributed by atoms with van der Waals surface area (Å²) >= 11 is 0. The first kappa shape index (κ1) is 19.6. The van der Waals surface area contributed by atoms with Crippen molar-refractivity contribution in [1.29, 1.82) is 0 Å². The van der Waals surface area contributed by atoms with Gasteiger partial charge in [0.05, 0.1) is 0 Å². The lowest BCUT2D eigenvalue weighted by Gasteiger charge is -2.08. The Hall–Kier alpha value is -0.390. The van der Waals surface area contributed by atoms with Crippen molar-refractivity contribution in [3.63, 3.8) is 0 Å². The van der Waals surface area contributed by atoms with Crippen molar-refractivity contribution >= 4 is 13.4 Å². The van der Waals surface area contributed by atoms with Crippen LogP contribution in [0.3, 0.4) is 0 Å². The highest BCUT2D eigenvalue weighted by atomic mass is 13.8. The van der Waals surface area contributed by atoms with Gasteiger partial charge in [-0.15, -0.1) is 0 Å². The zero-order chi connectivity index (χ0) is 15.1. The van der Waals surface area contributed by atoms with Gasteiger partial charge in [-0.2, -0.15) is 0 Å². The van der Waals surface area contributed by atoms with Crippen molar-refractivity contribution in [3.05, 3.63) is 24.3 Å². The SMILES string of the molecule is CCCB(C/C=C\C=C/CB(CCC)CCC)CCC. The molecule has 0 bridgehead atoms. The fraction of sp³-hybridized carbons (Fsp3) is 0.778. The highest BCUT2D eigenvalue weighted by Gasteiger charge is 2.09. The van der Waals surface area contributed by atoms with Gasteiger partial charge in [0.2, 0.25) is 0 Å². The zero-order valence-electron chi connectivity index (χ0n) is 14.5. The van der Waals surface area contributed by atoms with Crippen LogP contribution in [0.15, 0.2) is 24.3 Å². The molecule has 0 fully saturated rings. The molecule has 0 radical (unpaired) electrons. The van der Waals surface area contributed by atoms with E-state index < -0.39 is 0 Å². The van der Waals surface area contributed by atoms with Crippen LogP contribution in [0.5, 0.6) is 0 Å². The molecule has 0 unspecified atom stereocenters.